The predicted molar refractivity (Wildman–Crippen MR) is 79.1 cm³/mol. The van der Waals surface area contributed by atoms with E-state index in [1.165, 1.54) is 25.7 Å². The molecule has 4 unspecified atom stereocenters. The first-order chi connectivity index (χ1) is 9.01. The van der Waals surface area contributed by atoms with Gasteiger partial charge in [-0.05, 0) is 62.7 Å². The van der Waals surface area contributed by atoms with Crippen LogP contribution < -0.4 is 0 Å². The maximum atomic E-state index is 11.1. The zero-order chi connectivity index (χ0) is 13.9. The van der Waals surface area contributed by atoms with Gasteiger partial charge >= 0.3 is 0 Å². The van der Waals surface area contributed by atoms with Crippen LogP contribution in [0.2, 0.25) is 0 Å². The standard InChI is InChI=1S/C17H32O2/c1-13(2)16-9-8-14(3)12-17(16,18)10-4-6-15-7-5-11-19-15/h13-16,18H,4-12H2,1-3H3. The predicted octanol–water partition coefficient (Wildman–Crippen LogP) is 4.16. The van der Waals surface area contributed by atoms with Gasteiger partial charge in [0, 0.05) is 6.61 Å². The van der Waals surface area contributed by atoms with Crippen LogP contribution in [0.5, 0.6) is 0 Å². The van der Waals surface area contributed by atoms with Gasteiger partial charge in [0.25, 0.3) is 0 Å². The van der Waals surface area contributed by atoms with Crippen molar-refractivity contribution in [3.05, 3.63) is 0 Å². The molecule has 0 bridgehead atoms. The van der Waals surface area contributed by atoms with Crippen LogP contribution in [0.25, 0.3) is 0 Å². The maximum Gasteiger partial charge on any atom is 0.0680 e. The van der Waals surface area contributed by atoms with Crippen LogP contribution in [-0.2, 0) is 4.74 Å². The highest BCUT2D eigenvalue weighted by Crippen LogP contribution is 2.43. The Kier molecular flexibility index (Phi) is 5.30. The zero-order valence-corrected chi connectivity index (χ0v) is 13.0. The van der Waals surface area contributed by atoms with Crippen molar-refractivity contribution in [2.24, 2.45) is 17.8 Å². The third-order valence-corrected chi connectivity index (χ3v) is 5.33. The quantitative estimate of drug-likeness (QED) is 0.811. The number of hydrogen-bond donors (Lipinski definition) is 1. The van der Waals surface area contributed by atoms with Gasteiger partial charge < -0.3 is 9.84 Å². The summed E-state index contributed by atoms with van der Waals surface area (Å²) in [6, 6.07) is 0. The molecule has 1 saturated carbocycles. The first-order valence-corrected chi connectivity index (χ1v) is 8.35. The normalized spacial score (nSPS) is 39.9. The molecule has 0 aromatic rings. The van der Waals surface area contributed by atoms with E-state index in [1.54, 1.807) is 0 Å². The lowest BCUT2D eigenvalue weighted by atomic mass is 9.65. The van der Waals surface area contributed by atoms with Crippen molar-refractivity contribution in [3.8, 4) is 0 Å². The highest BCUT2D eigenvalue weighted by Gasteiger charge is 2.42. The molecule has 1 N–H and O–H groups in total. The van der Waals surface area contributed by atoms with E-state index in [1.807, 2.05) is 0 Å². The van der Waals surface area contributed by atoms with Crippen LogP contribution >= 0.6 is 0 Å². The summed E-state index contributed by atoms with van der Waals surface area (Å²) in [5, 5.41) is 11.1. The van der Waals surface area contributed by atoms with Crippen molar-refractivity contribution < 1.29 is 9.84 Å². The lowest BCUT2D eigenvalue weighted by Gasteiger charge is -2.45. The monoisotopic (exact) mass is 268 g/mol. The molecule has 0 radical (unpaired) electrons. The summed E-state index contributed by atoms with van der Waals surface area (Å²) in [5.74, 6) is 1.77. The van der Waals surface area contributed by atoms with E-state index in [4.69, 9.17) is 4.74 Å². The first kappa shape index (κ1) is 15.3. The minimum absolute atomic E-state index is 0.412. The van der Waals surface area contributed by atoms with E-state index >= 15 is 0 Å². The molecule has 0 aromatic heterocycles. The molecule has 2 aliphatic rings. The average molecular weight is 268 g/mol. The molecule has 112 valence electrons. The van der Waals surface area contributed by atoms with Crippen molar-refractivity contribution in [2.75, 3.05) is 6.61 Å². The summed E-state index contributed by atoms with van der Waals surface area (Å²) in [6.07, 6.45) is 9.65. The highest BCUT2D eigenvalue weighted by molar-refractivity contribution is 4.93. The minimum Gasteiger partial charge on any atom is -0.390 e. The molecule has 2 nitrogen and oxygen atoms in total. The second-order valence-electron chi connectivity index (χ2n) is 7.37. The molecule has 0 aromatic carbocycles. The third-order valence-electron chi connectivity index (χ3n) is 5.33. The van der Waals surface area contributed by atoms with Gasteiger partial charge in [0.1, 0.15) is 0 Å². The van der Waals surface area contributed by atoms with Crippen molar-refractivity contribution in [1.29, 1.82) is 0 Å². The van der Waals surface area contributed by atoms with Crippen LogP contribution in [0.4, 0.5) is 0 Å². The number of aliphatic hydroxyl groups is 1. The van der Waals surface area contributed by atoms with Crippen LogP contribution in [0.1, 0.15) is 72.1 Å². The third kappa shape index (κ3) is 3.95. The molecular weight excluding hydrogens is 236 g/mol. The Labute approximate surface area is 118 Å². The molecule has 1 aliphatic carbocycles. The summed E-state index contributed by atoms with van der Waals surface area (Å²) >= 11 is 0. The SMILES string of the molecule is CC1CCC(C(C)C)C(O)(CCCC2CCCO2)C1. The number of rotatable bonds is 5. The van der Waals surface area contributed by atoms with Crippen molar-refractivity contribution in [1.82, 2.24) is 0 Å². The highest BCUT2D eigenvalue weighted by atomic mass is 16.5. The second-order valence-corrected chi connectivity index (χ2v) is 7.37. The fraction of sp³-hybridized carbons (Fsp3) is 1.00. The van der Waals surface area contributed by atoms with Gasteiger partial charge in [-0.1, -0.05) is 27.2 Å². The second kappa shape index (κ2) is 6.58. The molecule has 1 heterocycles. The summed E-state index contributed by atoms with van der Waals surface area (Å²) in [5.41, 5.74) is -0.412. The van der Waals surface area contributed by atoms with E-state index in [-0.39, 0.29) is 0 Å². The molecule has 1 aliphatic heterocycles. The largest absolute Gasteiger partial charge is 0.390 e. The summed E-state index contributed by atoms with van der Waals surface area (Å²) < 4.78 is 5.69. The smallest absolute Gasteiger partial charge is 0.0680 e. The van der Waals surface area contributed by atoms with Gasteiger partial charge in [-0.3, -0.25) is 0 Å². The van der Waals surface area contributed by atoms with E-state index in [2.05, 4.69) is 20.8 Å². The van der Waals surface area contributed by atoms with Crippen LogP contribution in [0.15, 0.2) is 0 Å². The lowest BCUT2D eigenvalue weighted by Crippen LogP contribution is -2.45. The van der Waals surface area contributed by atoms with E-state index in [0.29, 0.717) is 23.9 Å². The first-order valence-electron chi connectivity index (χ1n) is 8.35. The molecule has 19 heavy (non-hydrogen) atoms. The Morgan fingerprint density at radius 1 is 1.26 bits per heavy atom. The van der Waals surface area contributed by atoms with Crippen molar-refractivity contribution in [2.45, 2.75) is 83.8 Å². The van der Waals surface area contributed by atoms with Crippen molar-refractivity contribution in [3.63, 3.8) is 0 Å². The molecule has 4 atom stereocenters. The Morgan fingerprint density at radius 2 is 2.05 bits per heavy atom. The molecular formula is C17H32O2. The minimum atomic E-state index is -0.412. The average Bonchev–Trinajstić information content (AvgIpc) is 2.81. The summed E-state index contributed by atoms with van der Waals surface area (Å²) in [4.78, 5) is 0. The molecule has 2 heteroatoms. The Bertz CT molecular complexity index is 270. The van der Waals surface area contributed by atoms with Gasteiger partial charge in [0.15, 0.2) is 0 Å². The van der Waals surface area contributed by atoms with Gasteiger partial charge in [0.05, 0.1) is 11.7 Å². The van der Waals surface area contributed by atoms with Crippen LogP contribution in [0, 0.1) is 17.8 Å². The molecule has 2 fully saturated rings. The Hall–Kier alpha value is -0.0800. The molecule has 0 spiro atoms. The Balaban J connectivity index is 1.85. The molecule has 2 rings (SSSR count). The van der Waals surface area contributed by atoms with Crippen LogP contribution in [0.3, 0.4) is 0 Å². The molecule has 1 saturated heterocycles. The van der Waals surface area contributed by atoms with E-state index < -0.39 is 5.60 Å². The van der Waals surface area contributed by atoms with E-state index in [0.717, 1.165) is 32.3 Å². The summed E-state index contributed by atoms with van der Waals surface area (Å²) in [7, 11) is 0. The maximum absolute atomic E-state index is 11.1. The zero-order valence-electron chi connectivity index (χ0n) is 13.0. The number of ether oxygens (including phenoxy) is 1. The topological polar surface area (TPSA) is 29.5 Å². The van der Waals surface area contributed by atoms with Crippen LogP contribution in [-0.4, -0.2) is 23.4 Å². The van der Waals surface area contributed by atoms with Gasteiger partial charge in [-0.25, -0.2) is 0 Å². The van der Waals surface area contributed by atoms with E-state index in [9.17, 15) is 5.11 Å². The van der Waals surface area contributed by atoms with Gasteiger partial charge in [0.2, 0.25) is 0 Å². The fourth-order valence-corrected chi connectivity index (χ4v) is 4.34. The van der Waals surface area contributed by atoms with Gasteiger partial charge in [-0.15, -0.1) is 0 Å². The lowest BCUT2D eigenvalue weighted by molar-refractivity contribution is -0.0883. The van der Waals surface area contributed by atoms with Gasteiger partial charge in [-0.2, -0.15) is 0 Å². The number of hydrogen-bond acceptors (Lipinski definition) is 2. The Morgan fingerprint density at radius 3 is 2.68 bits per heavy atom. The fourth-order valence-electron chi connectivity index (χ4n) is 4.34. The van der Waals surface area contributed by atoms with Crippen molar-refractivity contribution >= 4 is 0 Å². The molecule has 0 amide bonds. The summed E-state index contributed by atoms with van der Waals surface area (Å²) in [6.45, 7) is 7.78.